The van der Waals surface area contributed by atoms with Crippen LogP contribution in [0.15, 0.2) is 28.8 Å². The predicted molar refractivity (Wildman–Crippen MR) is 66.8 cm³/mol. The van der Waals surface area contributed by atoms with Gasteiger partial charge in [0.2, 0.25) is 10.4 Å². The summed E-state index contributed by atoms with van der Waals surface area (Å²) in [7, 11) is 0. The molecule has 6 nitrogen and oxygen atoms in total. The van der Waals surface area contributed by atoms with Gasteiger partial charge in [-0.05, 0) is 43.3 Å². The van der Waals surface area contributed by atoms with Crippen molar-refractivity contribution in [2.75, 3.05) is 0 Å². The lowest BCUT2D eigenvalue weighted by Gasteiger charge is -2.07. The molecule has 0 fully saturated rings. The van der Waals surface area contributed by atoms with E-state index in [1.54, 1.807) is 18.5 Å². The summed E-state index contributed by atoms with van der Waals surface area (Å²) >= 11 is 7.00. The van der Waals surface area contributed by atoms with Gasteiger partial charge in [0.05, 0.1) is 6.10 Å². The average Bonchev–Trinajstić information content (AvgIpc) is 2.28. The minimum absolute atomic E-state index is 0.0331. The van der Waals surface area contributed by atoms with Gasteiger partial charge in [-0.2, -0.15) is 15.0 Å². The quantitative estimate of drug-likeness (QED) is 0.797. The number of hydrogen-bond donors (Lipinski definition) is 0. The Hall–Kier alpha value is -1.47. The van der Waals surface area contributed by atoms with Crippen molar-refractivity contribution in [3.05, 3.63) is 23.7 Å². The Morgan fingerprint density at radius 1 is 1.11 bits per heavy atom. The minimum atomic E-state index is -0.0331. The fraction of sp³-hybridized carbons (Fsp3) is 0.300. The minimum Gasteiger partial charge on any atom is -0.461 e. The van der Waals surface area contributed by atoms with Crippen LogP contribution in [0.25, 0.3) is 0 Å². The Balaban J connectivity index is 2.20. The zero-order valence-electron chi connectivity index (χ0n) is 9.74. The number of aromatic nitrogens is 5. The van der Waals surface area contributed by atoms with Crippen LogP contribution in [0.5, 0.6) is 6.01 Å². The molecule has 2 rings (SSSR count). The second-order valence-electron chi connectivity index (χ2n) is 3.47. The summed E-state index contributed by atoms with van der Waals surface area (Å²) < 4.78 is 5.37. The Labute approximate surface area is 113 Å². The smallest absolute Gasteiger partial charge is 0.322 e. The number of nitrogens with zero attached hydrogens (tertiary/aromatic N) is 5. The van der Waals surface area contributed by atoms with E-state index in [0.29, 0.717) is 10.3 Å². The van der Waals surface area contributed by atoms with Crippen LogP contribution >= 0.6 is 23.4 Å². The number of hydrogen-bond acceptors (Lipinski definition) is 7. The van der Waals surface area contributed by atoms with Gasteiger partial charge in [0.15, 0.2) is 5.16 Å². The van der Waals surface area contributed by atoms with Crippen molar-refractivity contribution in [2.24, 2.45) is 0 Å². The van der Waals surface area contributed by atoms with E-state index in [1.165, 1.54) is 11.8 Å². The number of halogens is 1. The Bertz CT molecular complexity index is 525. The molecule has 0 amide bonds. The summed E-state index contributed by atoms with van der Waals surface area (Å²) in [5.74, 6) is 0. The Morgan fingerprint density at radius 3 is 2.50 bits per heavy atom. The molecule has 2 heterocycles. The molecule has 0 spiro atoms. The summed E-state index contributed by atoms with van der Waals surface area (Å²) in [6, 6.07) is 1.93. The van der Waals surface area contributed by atoms with Crippen molar-refractivity contribution in [1.29, 1.82) is 0 Å². The van der Waals surface area contributed by atoms with E-state index in [9.17, 15) is 0 Å². The first-order chi connectivity index (χ1) is 8.63. The third-order valence-corrected chi connectivity index (χ3v) is 2.56. The average molecular weight is 284 g/mol. The molecule has 0 aliphatic carbocycles. The topological polar surface area (TPSA) is 73.7 Å². The third kappa shape index (κ3) is 3.78. The van der Waals surface area contributed by atoms with E-state index in [0.717, 1.165) is 0 Å². The normalized spacial score (nSPS) is 10.7. The van der Waals surface area contributed by atoms with Crippen molar-refractivity contribution in [3.63, 3.8) is 0 Å². The van der Waals surface area contributed by atoms with E-state index in [1.807, 2.05) is 13.8 Å². The van der Waals surface area contributed by atoms with Gasteiger partial charge in [0.25, 0.3) is 0 Å². The molecule has 0 unspecified atom stereocenters. The second-order valence-corrected chi connectivity index (χ2v) is 4.74. The number of rotatable bonds is 4. The molecule has 2 aromatic heterocycles. The molecule has 0 aromatic carbocycles. The molecule has 0 N–H and O–H groups in total. The molecule has 94 valence electrons. The van der Waals surface area contributed by atoms with Crippen LogP contribution in [-0.4, -0.2) is 31.0 Å². The molecule has 18 heavy (non-hydrogen) atoms. The van der Waals surface area contributed by atoms with E-state index in [2.05, 4.69) is 24.9 Å². The highest BCUT2D eigenvalue weighted by Crippen LogP contribution is 2.22. The van der Waals surface area contributed by atoms with Gasteiger partial charge in [-0.25, -0.2) is 9.97 Å². The molecule has 0 saturated carbocycles. The van der Waals surface area contributed by atoms with Gasteiger partial charge in [0.1, 0.15) is 0 Å². The maximum absolute atomic E-state index is 5.80. The molecule has 0 saturated heterocycles. The third-order valence-electron chi connectivity index (χ3n) is 1.63. The molecule has 0 aliphatic heterocycles. The van der Waals surface area contributed by atoms with Gasteiger partial charge in [-0.3, -0.25) is 0 Å². The van der Waals surface area contributed by atoms with Crippen LogP contribution in [0, 0.1) is 0 Å². The number of ether oxygens (including phenoxy) is 1. The zero-order chi connectivity index (χ0) is 13.0. The fourth-order valence-electron chi connectivity index (χ4n) is 1.04. The van der Waals surface area contributed by atoms with Crippen LogP contribution in [0.3, 0.4) is 0 Å². The lowest BCUT2D eigenvalue weighted by atomic mass is 10.5. The molecule has 8 heteroatoms. The molecular formula is C10H10ClN5OS. The Kier molecular flexibility index (Phi) is 4.27. The maximum atomic E-state index is 5.80. The molecule has 0 atom stereocenters. The first-order valence-corrected chi connectivity index (χ1v) is 6.36. The van der Waals surface area contributed by atoms with Gasteiger partial charge >= 0.3 is 6.01 Å². The second kappa shape index (κ2) is 5.92. The van der Waals surface area contributed by atoms with Crippen LogP contribution < -0.4 is 4.74 Å². The van der Waals surface area contributed by atoms with Gasteiger partial charge in [0, 0.05) is 12.4 Å². The highest BCUT2D eigenvalue weighted by atomic mass is 35.5. The van der Waals surface area contributed by atoms with Crippen LogP contribution in [-0.2, 0) is 0 Å². The summed E-state index contributed by atoms with van der Waals surface area (Å²) in [6.45, 7) is 3.76. The van der Waals surface area contributed by atoms with Gasteiger partial charge < -0.3 is 4.74 Å². The van der Waals surface area contributed by atoms with Crippen LogP contribution in [0.2, 0.25) is 5.28 Å². The lowest BCUT2D eigenvalue weighted by Crippen LogP contribution is -2.09. The van der Waals surface area contributed by atoms with Gasteiger partial charge in [-0.15, -0.1) is 0 Å². The van der Waals surface area contributed by atoms with Gasteiger partial charge in [-0.1, -0.05) is 0 Å². The summed E-state index contributed by atoms with van der Waals surface area (Å²) in [4.78, 5) is 20.1. The highest BCUT2D eigenvalue weighted by Gasteiger charge is 2.10. The zero-order valence-corrected chi connectivity index (χ0v) is 11.3. The molecular weight excluding hydrogens is 274 g/mol. The molecule has 0 aliphatic rings. The lowest BCUT2D eigenvalue weighted by molar-refractivity contribution is 0.219. The SMILES string of the molecule is CC(C)Oc1nc(Cl)nc(Sc2ncccn2)n1. The van der Waals surface area contributed by atoms with E-state index in [-0.39, 0.29) is 17.4 Å². The predicted octanol–water partition coefficient (Wildman–Crippen LogP) is 2.25. The largest absolute Gasteiger partial charge is 0.461 e. The first-order valence-electron chi connectivity index (χ1n) is 5.16. The standard InChI is InChI=1S/C10H10ClN5OS/c1-6(2)17-8-14-7(11)15-10(16-8)18-9-12-4-3-5-13-9/h3-6H,1-2H3. The van der Waals surface area contributed by atoms with Crippen molar-refractivity contribution >= 4 is 23.4 Å². The molecule has 0 radical (unpaired) electrons. The first kappa shape index (κ1) is 13.0. The molecule has 2 aromatic rings. The Morgan fingerprint density at radius 2 is 1.83 bits per heavy atom. The summed E-state index contributed by atoms with van der Waals surface area (Å²) in [5.41, 5.74) is 0. The van der Waals surface area contributed by atoms with E-state index < -0.39 is 0 Å². The summed E-state index contributed by atoms with van der Waals surface area (Å²) in [6.07, 6.45) is 3.25. The fourth-order valence-corrected chi connectivity index (χ4v) is 1.89. The van der Waals surface area contributed by atoms with Crippen LogP contribution in [0.1, 0.15) is 13.8 Å². The maximum Gasteiger partial charge on any atom is 0.322 e. The van der Waals surface area contributed by atoms with Crippen molar-refractivity contribution in [1.82, 2.24) is 24.9 Å². The van der Waals surface area contributed by atoms with E-state index >= 15 is 0 Å². The van der Waals surface area contributed by atoms with E-state index in [4.69, 9.17) is 16.3 Å². The monoisotopic (exact) mass is 283 g/mol. The highest BCUT2D eigenvalue weighted by molar-refractivity contribution is 7.99. The van der Waals surface area contributed by atoms with Crippen molar-refractivity contribution < 1.29 is 4.74 Å². The summed E-state index contributed by atoms with van der Waals surface area (Å²) in [5, 5.41) is 1.02. The van der Waals surface area contributed by atoms with Crippen molar-refractivity contribution in [2.45, 2.75) is 30.3 Å². The van der Waals surface area contributed by atoms with Crippen LogP contribution in [0.4, 0.5) is 0 Å². The molecule has 0 bridgehead atoms. The van der Waals surface area contributed by atoms with Crippen molar-refractivity contribution in [3.8, 4) is 6.01 Å².